The van der Waals surface area contributed by atoms with Gasteiger partial charge >= 0.3 is 0 Å². The third-order valence-corrected chi connectivity index (χ3v) is 9.68. The summed E-state index contributed by atoms with van der Waals surface area (Å²) in [6, 6.07) is 26.8. The molecule has 0 aliphatic rings. The minimum atomic E-state index is -4.23. The van der Waals surface area contributed by atoms with E-state index in [1.165, 1.54) is 17.0 Å². The zero-order valence-electron chi connectivity index (χ0n) is 24.8. The van der Waals surface area contributed by atoms with E-state index in [-0.39, 0.29) is 29.5 Å². The highest BCUT2D eigenvalue weighted by atomic mass is 35.5. The van der Waals surface area contributed by atoms with Gasteiger partial charge in [-0.1, -0.05) is 89.4 Å². The van der Waals surface area contributed by atoms with Crippen molar-refractivity contribution in [1.82, 2.24) is 10.2 Å². The molecule has 4 aromatic carbocycles. The molecule has 7 nitrogen and oxygen atoms in total. The molecule has 1 atom stereocenters. The molecule has 44 heavy (non-hydrogen) atoms. The monoisotopic (exact) mass is 651 g/mol. The van der Waals surface area contributed by atoms with Gasteiger partial charge in [0.2, 0.25) is 11.8 Å². The number of carbonyl (C=O) groups excluding carboxylic acids is 2. The Morgan fingerprint density at radius 2 is 1.50 bits per heavy atom. The van der Waals surface area contributed by atoms with E-state index in [9.17, 15) is 18.0 Å². The SMILES string of the molecule is CCNC(=O)C(Cc1ccccc1)N(Cc1cccc(Cl)c1)C(=O)CN(c1cccc(Cl)c1C)S(=O)(=O)c1ccc(C)cc1. The molecule has 4 aromatic rings. The van der Waals surface area contributed by atoms with Crippen LogP contribution in [0.2, 0.25) is 10.0 Å². The van der Waals surface area contributed by atoms with E-state index in [1.54, 1.807) is 62.4 Å². The summed E-state index contributed by atoms with van der Waals surface area (Å²) in [6.45, 7) is 5.19. The maximum atomic E-state index is 14.5. The molecule has 0 aliphatic heterocycles. The Morgan fingerprint density at radius 1 is 0.841 bits per heavy atom. The number of hydrogen-bond acceptors (Lipinski definition) is 4. The quantitative estimate of drug-likeness (QED) is 0.187. The molecule has 1 N–H and O–H groups in total. The van der Waals surface area contributed by atoms with Crippen molar-refractivity contribution in [2.24, 2.45) is 0 Å². The number of hydrogen-bond donors (Lipinski definition) is 1. The van der Waals surface area contributed by atoms with E-state index in [2.05, 4.69) is 5.32 Å². The maximum absolute atomic E-state index is 14.5. The van der Waals surface area contributed by atoms with Gasteiger partial charge in [-0.05, 0) is 73.9 Å². The predicted octanol–water partition coefficient (Wildman–Crippen LogP) is 6.58. The van der Waals surface area contributed by atoms with Crippen LogP contribution in [0.3, 0.4) is 0 Å². The molecule has 0 saturated heterocycles. The molecule has 0 radical (unpaired) electrons. The Balaban J connectivity index is 1.83. The number of sulfonamides is 1. The lowest BCUT2D eigenvalue weighted by Crippen LogP contribution is -2.53. The number of nitrogens with zero attached hydrogens (tertiary/aromatic N) is 2. The van der Waals surface area contributed by atoms with E-state index < -0.39 is 28.5 Å². The second-order valence-corrected chi connectivity index (χ2v) is 13.2. The summed E-state index contributed by atoms with van der Waals surface area (Å²) in [7, 11) is -4.23. The normalized spacial score (nSPS) is 11.9. The van der Waals surface area contributed by atoms with Crippen molar-refractivity contribution < 1.29 is 18.0 Å². The Morgan fingerprint density at radius 3 is 2.16 bits per heavy atom. The van der Waals surface area contributed by atoms with E-state index in [1.807, 2.05) is 43.3 Å². The van der Waals surface area contributed by atoms with Gasteiger partial charge in [0.05, 0.1) is 10.6 Å². The van der Waals surface area contributed by atoms with Gasteiger partial charge in [0.15, 0.2) is 0 Å². The lowest BCUT2D eigenvalue weighted by atomic mass is 10.0. The van der Waals surface area contributed by atoms with Gasteiger partial charge in [-0.15, -0.1) is 0 Å². The molecular weight excluding hydrogens is 617 g/mol. The molecule has 0 saturated carbocycles. The zero-order valence-corrected chi connectivity index (χ0v) is 27.2. The summed E-state index contributed by atoms with van der Waals surface area (Å²) in [4.78, 5) is 29.5. The van der Waals surface area contributed by atoms with E-state index in [4.69, 9.17) is 23.2 Å². The number of amides is 2. The highest BCUT2D eigenvalue weighted by Crippen LogP contribution is 2.31. The van der Waals surface area contributed by atoms with Gasteiger partial charge in [-0.3, -0.25) is 13.9 Å². The highest BCUT2D eigenvalue weighted by molar-refractivity contribution is 7.92. The number of nitrogens with one attached hydrogen (secondary N) is 1. The molecule has 0 aromatic heterocycles. The summed E-state index contributed by atoms with van der Waals surface area (Å²) in [5.74, 6) is -0.911. The van der Waals surface area contributed by atoms with Gasteiger partial charge in [-0.25, -0.2) is 8.42 Å². The third kappa shape index (κ3) is 8.00. The summed E-state index contributed by atoms with van der Waals surface area (Å²) in [5, 5.41) is 3.69. The van der Waals surface area contributed by atoms with Crippen LogP contribution in [0.25, 0.3) is 0 Å². The lowest BCUT2D eigenvalue weighted by Gasteiger charge is -2.34. The van der Waals surface area contributed by atoms with Crippen LogP contribution >= 0.6 is 23.2 Å². The molecule has 2 amide bonds. The Kier molecular flexibility index (Phi) is 11.1. The fraction of sp³-hybridized carbons (Fsp3) is 0.235. The minimum Gasteiger partial charge on any atom is -0.355 e. The van der Waals surface area contributed by atoms with Gasteiger partial charge in [-0.2, -0.15) is 0 Å². The van der Waals surface area contributed by atoms with Crippen molar-refractivity contribution in [3.05, 3.63) is 129 Å². The molecular formula is C34H35Cl2N3O4S. The van der Waals surface area contributed by atoms with Crippen molar-refractivity contribution in [2.75, 3.05) is 17.4 Å². The molecule has 0 bridgehead atoms. The highest BCUT2D eigenvalue weighted by Gasteiger charge is 2.35. The van der Waals surface area contributed by atoms with Crippen LogP contribution < -0.4 is 9.62 Å². The number of halogens is 2. The number of likely N-dealkylation sites (N-methyl/N-ethyl adjacent to an activating group) is 1. The summed E-state index contributed by atoms with van der Waals surface area (Å²) < 4.78 is 29.4. The van der Waals surface area contributed by atoms with Crippen LogP contribution in [-0.2, 0) is 32.6 Å². The van der Waals surface area contributed by atoms with Crippen molar-refractivity contribution in [3.63, 3.8) is 0 Å². The van der Waals surface area contributed by atoms with Gasteiger partial charge in [0.1, 0.15) is 12.6 Å². The molecule has 10 heteroatoms. The smallest absolute Gasteiger partial charge is 0.264 e. The number of aryl methyl sites for hydroxylation is 1. The Labute approximate surface area is 269 Å². The lowest BCUT2D eigenvalue weighted by molar-refractivity contribution is -0.140. The van der Waals surface area contributed by atoms with Crippen LogP contribution in [-0.4, -0.2) is 44.3 Å². The zero-order chi connectivity index (χ0) is 31.9. The maximum Gasteiger partial charge on any atom is 0.264 e. The molecule has 0 spiro atoms. The fourth-order valence-electron chi connectivity index (χ4n) is 4.90. The van der Waals surface area contributed by atoms with Crippen molar-refractivity contribution in [1.29, 1.82) is 0 Å². The first-order chi connectivity index (χ1) is 21.0. The van der Waals surface area contributed by atoms with E-state index in [0.717, 1.165) is 15.4 Å². The van der Waals surface area contributed by atoms with Crippen LogP contribution in [0.4, 0.5) is 5.69 Å². The summed E-state index contributed by atoms with van der Waals surface area (Å²) in [6.07, 6.45) is 0.222. The van der Waals surface area contributed by atoms with E-state index >= 15 is 0 Å². The van der Waals surface area contributed by atoms with Crippen LogP contribution in [0.5, 0.6) is 0 Å². The van der Waals surface area contributed by atoms with Crippen LogP contribution in [0, 0.1) is 13.8 Å². The van der Waals surface area contributed by atoms with Gasteiger partial charge in [0, 0.05) is 29.6 Å². The van der Waals surface area contributed by atoms with Crippen molar-refractivity contribution in [2.45, 2.75) is 44.7 Å². The number of carbonyl (C=O) groups is 2. The largest absolute Gasteiger partial charge is 0.355 e. The fourth-order valence-corrected chi connectivity index (χ4v) is 6.75. The van der Waals surface area contributed by atoms with Crippen molar-refractivity contribution in [3.8, 4) is 0 Å². The standard InChI is InChI=1S/C34H35Cl2N3O4S/c1-4-37-34(41)32(21-26-10-6-5-7-11-26)38(22-27-12-8-13-28(35)20-27)33(40)23-39(31-15-9-14-30(36)25(31)3)44(42,43)29-18-16-24(2)17-19-29/h5-20,32H,4,21-23H2,1-3H3,(H,37,41). The van der Waals surface area contributed by atoms with Crippen LogP contribution in [0.15, 0.2) is 102 Å². The second kappa shape index (κ2) is 14.8. The average Bonchev–Trinajstić information content (AvgIpc) is 3.00. The molecule has 1 unspecified atom stereocenters. The second-order valence-electron chi connectivity index (χ2n) is 10.5. The molecule has 0 fully saturated rings. The summed E-state index contributed by atoms with van der Waals surface area (Å²) >= 11 is 12.7. The Hall–Kier alpha value is -3.85. The first-order valence-corrected chi connectivity index (χ1v) is 16.4. The predicted molar refractivity (Wildman–Crippen MR) is 177 cm³/mol. The molecule has 230 valence electrons. The summed E-state index contributed by atoms with van der Waals surface area (Å²) in [5.41, 5.74) is 3.21. The van der Waals surface area contributed by atoms with Crippen molar-refractivity contribution >= 4 is 50.7 Å². The molecule has 0 aliphatic carbocycles. The first kappa shape index (κ1) is 33.1. The van der Waals surface area contributed by atoms with Gasteiger partial charge in [0.25, 0.3) is 10.0 Å². The number of rotatable bonds is 12. The average molecular weight is 653 g/mol. The number of benzene rings is 4. The molecule has 4 rings (SSSR count). The van der Waals surface area contributed by atoms with Gasteiger partial charge < -0.3 is 10.2 Å². The molecule has 0 heterocycles. The first-order valence-electron chi connectivity index (χ1n) is 14.2. The topological polar surface area (TPSA) is 86.8 Å². The number of anilines is 1. The minimum absolute atomic E-state index is 0.0287. The Bertz CT molecular complexity index is 1710. The van der Waals surface area contributed by atoms with E-state index in [0.29, 0.717) is 27.7 Å². The third-order valence-electron chi connectivity index (χ3n) is 7.26. The van der Waals surface area contributed by atoms with Crippen LogP contribution in [0.1, 0.15) is 29.2 Å².